The van der Waals surface area contributed by atoms with Crippen LogP contribution in [0.5, 0.6) is 0 Å². The molecule has 0 fully saturated rings. The van der Waals surface area contributed by atoms with Gasteiger partial charge < -0.3 is 14.5 Å². The number of unbranched alkanes of at least 4 members (excludes halogenated alkanes) is 1. The number of hydrogen-bond donors (Lipinski definition) is 1. The van der Waals surface area contributed by atoms with Crippen molar-refractivity contribution < 1.29 is 14.7 Å². The van der Waals surface area contributed by atoms with E-state index in [1.54, 1.807) is 12.5 Å². The second-order valence-corrected chi connectivity index (χ2v) is 5.88. The molecule has 1 aromatic carbocycles. The number of fused-ring (bicyclic) bond motifs is 1. The van der Waals surface area contributed by atoms with Crippen LogP contribution in [0.3, 0.4) is 0 Å². The van der Waals surface area contributed by atoms with Gasteiger partial charge in [-0.1, -0.05) is 29.4 Å². The van der Waals surface area contributed by atoms with Crippen molar-refractivity contribution in [3.05, 3.63) is 54.1 Å². The van der Waals surface area contributed by atoms with Crippen molar-refractivity contribution in [1.82, 2.24) is 9.55 Å². The van der Waals surface area contributed by atoms with Gasteiger partial charge in [0.2, 0.25) is 0 Å². The summed E-state index contributed by atoms with van der Waals surface area (Å²) in [6.07, 6.45) is 8.92. The second-order valence-electron chi connectivity index (χ2n) is 5.88. The van der Waals surface area contributed by atoms with E-state index in [9.17, 15) is 4.79 Å². The number of imidazole rings is 1. The first-order valence-corrected chi connectivity index (χ1v) is 8.23. The van der Waals surface area contributed by atoms with Gasteiger partial charge in [0.15, 0.2) is 0 Å². The first-order chi connectivity index (χ1) is 11.8. The molecule has 6 nitrogen and oxygen atoms in total. The third-order valence-electron chi connectivity index (χ3n) is 4.22. The molecule has 1 aliphatic rings. The molecular weight excluding hydrogens is 306 g/mol. The summed E-state index contributed by atoms with van der Waals surface area (Å²) in [5.41, 5.74) is 3.31. The quantitative estimate of drug-likeness (QED) is 0.626. The molecule has 1 aliphatic carbocycles. The molecular formula is C18H21N3O3. The maximum Gasteiger partial charge on any atom is 0.303 e. The third kappa shape index (κ3) is 3.82. The molecule has 1 N–H and O–H groups in total. The smallest absolute Gasteiger partial charge is 0.303 e. The van der Waals surface area contributed by atoms with Crippen LogP contribution in [0, 0.1) is 0 Å². The fourth-order valence-electron chi connectivity index (χ4n) is 3.01. The summed E-state index contributed by atoms with van der Waals surface area (Å²) in [4.78, 5) is 20.2. The Balaban J connectivity index is 1.72. The van der Waals surface area contributed by atoms with Crippen molar-refractivity contribution in [3.63, 3.8) is 0 Å². The molecule has 2 aromatic rings. The van der Waals surface area contributed by atoms with E-state index in [2.05, 4.69) is 26.8 Å². The van der Waals surface area contributed by atoms with Crippen molar-refractivity contribution in [2.45, 2.75) is 38.1 Å². The van der Waals surface area contributed by atoms with Gasteiger partial charge in [-0.05, 0) is 31.2 Å². The highest BCUT2D eigenvalue weighted by Crippen LogP contribution is 2.29. The minimum absolute atomic E-state index is 0.112. The second kappa shape index (κ2) is 7.77. The van der Waals surface area contributed by atoms with Crippen LogP contribution >= 0.6 is 0 Å². The zero-order valence-electron chi connectivity index (χ0n) is 13.5. The first-order valence-electron chi connectivity index (χ1n) is 8.23. The minimum Gasteiger partial charge on any atom is -0.481 e. The molecule has 1 atom stereocenters. The number of oxime groups is 1. The van der Waals surface area contributed by atoms with Crippen LogP contribution in [0.4, 0.5) is 0 Å². The number of carboxylic acids is 1. The number of nitrogens with zero attached hydrogens (tertiary/aromatic N) is 3. The van der Waals surface area contributed by atoms with E-state index in [0.717, 1.165) is 24.1 Å². The summed E-state index contributed by atoms with van der Waals surface area (Å²) in [5.74, 6) is -0.775. The Labute approximate surface area is 140 Å². The highest BCUT2D eigenvalue weighted by molar-refractivity contribution is 6.05. The van der Waals surface area contributed by atoms with Crippen LogP contribution in [0.2, 0.25) is 0 Å². The fourth-order valence-corrected chi connectivity index (χ4v) is 3.01. The van der Waals surface area contributed by atoms with Crippen molar-refractivity contribution in [2.24, 2.45) is 5.16 Å². The van der Waals surface area contributed by atoms with Crippen LogP contribution in [0.25, 0.3) is 0 Å². The molecule has 0 spiro atoms. The average Bonchev–Trinajstić information content (AvgIpc) is 3.12. The Hall–Kier alpha value is -2.63. The standard InChI is InChI=1S/C18H21N3O3/c22-17(23)7-3-4-12-24-20-18-15-6-2-1-5-14(15)8-9-16(18)21-11-10-19-13-21/h1-2,5-6,10-11,13,16H,3-4,7-9,12H2,(H,22,23)/b20-18+. The third-order valence-corrected chi connectivity index (χ3v) is 4.22. The zero-order chi connectivity index (χ0) is 16.8. The van der Waals surface area contributed by atoms with E-state index in [1.807, 2.05) is 18.3 Å². The molecule has 1 unspecified atom stereocenters. The molecule has 0 saturated heterocycles. The van der Waals surface area contributed by atoms with Gasteiger partial charge in [-0.2, -0.15) is 0 Å². The largest absolute Gasteiger partial charge is 0.481 e. The summed E-state index contributed by atoms with van der Waals surface area (Å²) in [7, 11) is 0. The molecule has 0 aliphatic heterocycles. The lowest BCUT2D eigenvalue weighted by Crippen LogP contribution is -2.26. The molecule has 1 heterocycles. The molecule has 0 radical (unpaired) electrons. The molecule has 6 heteroatoms. The summed E-state index contributed by atoms with van der Waals surface area (Å²) in [6.45, 7) is 0.426. The monoisotopic (exact) mass is 327 g/mol. The Morgan fingerprint density at radius 1 is 1.38 bits per heavy atom. The summed E-state index contributed by atoms with van der Waals surface area (Å²) in [5, 5.41) is 13.0. The maximum atomic E-state index is 10.5. The van der Waals surface area contributed by atoms with Gasteiger partial charge in [0.25, 0.3) is 0 Å². The lowest BCUT2D eigenvalue weighted by Gasteiger charge is -2.27. The Bertz CT molecular complexity index is 710. The van der Waals surface area contributed by atoms with Crippen LogP contribution in [-0.2, 0) is 16.1 Å². The zero-order valence-corrected chi connectivity index (χ0v) is 13.5. The molecule has 24 heavy (non-hydrogen) atoms. The van der Waals surface area contributed by atoms with Crippen molar-refractivity contribution in [1.29, 1.82) is 0 Å². The van der Waals surface area contributed by atoms with Crippen LogP contribution in [0.15, 0.2) is 48.1 Å². The molecule has 0 bridgehead atoms. The number of aryl methyl sites for hydroxylation is 1. The highest BCUT2D eigenvalue weighted by atomic mass is 16.6. The van der Waals surface area contributed by atoms with Gasteiger partial charge in [-0.3, -0.25) is 4.79 Å². The summed E-state index contributed by atoms with van der Waals surface area (Å²) in [6, 6.07) is 8.37. The van der Waals surface area contributed by atoms with E-state index >= 15 is 0 Å². The molecule has 0 saturated carbocycles. The number of rotatable bonds is 7. The van der Waals surface area contributed by atoms with Gasteiger partial charge >= 0.3 is 5.97 Å². The van der Waals surface area contributed by atoms with Crippen molar-refractivity contribution >= 4 is 11.7 Å². The molecule has 1 aromatic heterocycles. The lowest BCUT2D eigenvalue weighted by atomic mass is 9.86. The van der Waals surface area contributed by atoms with E-state index in [4.69, 9.17) is 9.94 Å². The lowest BCUT2D eigenvalue weighted by molar-refractivity contribution is -0.137. The number of carbonyl (C=O) groups is 1. The van der Waals surface area contributed by atoms with Crippen LogP contribution < -0.4 is 0 Å². The SMILES string of the molecule is O=C(O)CCCCO/N=C1\c2ccccc2CCC1n1ccnc1. The van der Waals surface area contributed by atoms with Crippen LogP contribution in [-0.4, -0.2) is 32.9 Å². The van der Waals surface area contributed by atoms with Gasteiger partial charge in [-0.15, -0.1) is 0 Å². The van der Waals surface area contributed by atoms with Gasteiger partial charge in [-0.25, -0.2) is 4.98 Å². The highest BCUT2D eigenvalue weighted by Gasteiger charge is 2.27. The number of hydrogen-bond acceptors (Lipinski definition) is 4. The Morgan fingerprint density at radius 3 is 3.04 bits per heavy atom. The van der Waals surface area contributed by atoms with E-state index in [1.165, 1.54) is 5.56 Å². The molecule has 0 amide bonds. The number of benzene rings is 1. The number of carboxylic acid groups (broad SMARTS) is 1. The van der Waals surface area contributed by atoms with E-state index in [0.29, 0.717) is 19.4 Å². The summed E-state index contributed by atoms with van der Waals surface area (Å²) >= 11 is 0. The minimum atomic E-state index is -0.775. The van der Waals surface area contributed by atoms with Crippen LogP contribution in [0.1, 0.15) is 42.9 Å². The van der Waals surface area contributed by atoms with Crippen molar-refractivity contribution in [2.75, 3.05) is 6.61 Å². The van der Waals surface area contributed by atoms with Crippen molar-refractivity contribution in [3.8, 4) is 0 Å². The topological polar surface area (TPSA) is 76.7 Å². The molecule has 3 rings (SSSR count). The molecule has 126 valence electrons. The predicted molar refractivity (Wildman–Crippen MR) is 90.0 cm³/mol. The summed E-state index contributed by atoms with van der Waals surface area (Å²) < 4.78 is 2.06. The number of aliphatic carboxylic acids is 1. The number of aromatic nitrogens is 2. The predicted octanol–water partition coefficient (Wildman–Crippen LogP) is 3.05. The normalized spacial score (nSPS) is 18.3. The maximum absolute atomic E-state index is 10.5. The average molecular weight is 327 g/mol. The first kappa shape index (κ1) is 16.2. The van der Waals surface area contributed by atoms with Gasteiger partial charge in [0.1, 0.15) is 12.3 Å². The van der Waals surface area contributed by atoms with E-state index < -0.39 is 5.97 Å². The Kier molecular flexibility index (Phi) is 5.25. The Morgan fingerprint density at radius 2 is 2.25 bits per heavy atom. The van der Waals surface area contributed by atoms with Gasteiger partial charge in [0, 0.05) is 24.4 Å². The van der Waals surface area contributed by atoms with E-state index in [-0.39, 0.29) is 12.5 Å². The van der Waals surface area contributed by atoms with Gasteiger partial charge in [0.05, 0.1) is 12.4 Å². The fraction of sp³-hybridized carbons (Fsp3) is 0.389.